The van der Waals surface area contributed by atoms with Gasteiger partial charge in [0.25, 0.3) is 5.91 Å². The minimum Gasteiger partial charge on any atom is -0.352 e. The molecule has 1 aromatic carbocycles. The first-order valence-electron chi connectivity index (χ1n) is 6.79. The fraction of sp³-hybridized carbons (Fsp3) is 0.533. The smallest absolute Gasteiger partial charge is 0.251 e. The average molecular weight is 389 g/mol. The first kappa shape index (κ1) is 15.0. The zero-order chi connectivity index (χ0) is 13.8. The molecule has 2 nitrogen and oxygen atoms in total. The van der Waals surface area contributed by atoms with Crippen molar-refractivity contribution in [3.05, 3.63) is 32.7 Å². The van der Waals surface area contributed by atoms with Gasteiger partial charge in [0.15, 0.2) is 0 Å². The number of halogens is 2. The topological polar surface area (TPSA) is 29.1 Å². The van der Waals surface area contributed by atoms with Crippen LogP contribution in [-0.4, -0.2) is 12.5 Å². The van der Waals surface area contributed by atoms with Gasteiger partial charge < -0.3 is 5.32 Å². The molecule has 104 valence electrons. The number of carbonyl (C=O) groups is 1. The third-order valence-electron chi connectivity index (χ3n) is 3.72. The van der Waals surface area contributed by atoms with E-state index in [-0.39, 0.29) is 5.91 Å². The zero-order valence-corrected chi connectivity index (χ0v) is 14.3. The first-order valence-corrected chi connectivity index (χ1v) is 8.37. The van der Waals surface area contributed by atoms with Crippen molar-refractivity contribution in [2.45, 2.75) is 32.6 Å². The molecule has 1 aromatic rings. The Morgan fingerprint density at radius 3 is 2.58 bits per heavy atom. The van der Waals surface area contributed by atoms with Crippen molar-refractivity contribution in [2.75, 3.05) is 6.54 Å². The van der Waals surface area contributed by atoms with Crippen LogP contribution in [0.4, 0.5) is 0 Å². The van der Waals surface area contributed by atoms with Crippen molar-refractivity contribution in [2.24, 2.45) is 11.8 Å². The van der Waals surface area contributed by atoms with E-state index in [2.05, 4.69) is 44.1 Å². The van der Waals surface area contributed by atoms with E-state index in [0.717, 1.165) is 21.4 Å². The van der Waals surface area contributed by atoms with Crippen LogP contribution in [-0.2, 0) is 0 Å². The van der Waals surface area contributed by atoms with Crippen LogP contribution in [0.5, 0.6) is 0 Å². The highest BCUT2D eigenvalue weighted by molar-refractivity contribution is 9.11. The Hall–Kier alpha value is -0.350. The Kier molecular flexibility index (Phi) is 5.46. The Morgan fingerprint density at radius 2 is 1.95 bits per heavy atom. The molecule has 1 aliphatic carbocycles. The molecular weight excluding hydrogens is 370 g/mol. The van der Waals surface area contributed by atoms with E-state index in [1.165, 1.54) is 25.7 Å². The Bertz CT molecular complexity index is 441. The Balaban J connectivity index is 1.90. The summed E-state index contributed by atoms with van der Waals surface area (Å²) in [5, 5.41) is 3.06. The largest absolute Gasteiger partial charge is 0.352 e. The molecule has 0 heterocycles. The molecule has 1 amide bonds. The van der Waals surface area contributed by atoms with E-state index in [4.69, 9.17) is 0 Å². The molecule has 1 N–H and O–H groups in total. The molecule has 1 aliphatic rings. The van der Waals surface area contributed by atoms with Gasteiger partial charge in [-0.1, -0.05) is 51.6 Å². The maximum atomic E-state index is 12.1. The molecule has 0 spiro atoms. The van der Waals surface area contributed by atoms with E-state index in [1.54, 1.807) is 0 Å². The molecule has 0 bridgehead atoms. The fourth-order valence-corrected chi connectivity index (χ4v) is 4.06. The molecule has 0 saturated heterocycles. The van der Waals surface area contributed by atoms with E-state index < -0.39 is 0 Å². The van der Waals surface area contributed by atoms with E-state index >= 15 is 0 Å². The second-order valence-electron chi connectivity index (χ2n) is 5.51. The van der Waals surface area contributed by atoms with Gasteiger partial charge in [-0.2, -0.15) is 0 Å². The second kappa shape index (κ2) is 6.89. The summed E-state index contributed by atoms with van der Waals surface area (Å²) < 4.78 is 1.83. The van der Waals surface area contributed by atoms with Crippen LogP contribution >= 0.6 is 31.9 Å². The number of carbonyl (C=O) groups excluding carboxylic acids is 1. The van der Waals surface area contributed by atoms with Gasteiger partial charge in [0.2, 0.25) is 0 Å². The van der Waals surface area contributed by atoms with Gasteiger partial charge in [-0.05, 0) is 42.9 Å². The summed E-state index contributed by atoms with van der Waals surface area (Å²) in [4.78, 5) is 12.1. The molecule has 4 heteroatoms. The predicted octanol–water partition coefficient (Wildman–Crippen LogP) is 4.77. The van der Waals surface area contributed by atoms with Crippen molar-refractivity contribution in [3.8, 4) is 0 Å². The molecule has 2 atom stereocenters. The number of benzene rings is 1. The lowest BCUT2D eigenvalue weighted by molar-refractivity contribution is 0.0940. The van der Waals surface area contributed by atoms with Crippen molar-refractivity contribution in [3.63, 3.8) is 0 Å². The average Bonchev–Trinajstić information content (AvgIpc) is 2.35. The van der Waals surface area contributed by atoms with Gasteiger partial charge in [-0.15, -0.1) is 0 Å². The van der Waals surface area contributed by atoms with Crippen LogP contribution in [0.2, 0.25) is 0 Å². The van der Waals surface area contributed by atoms with E-state index in [0.29, 0.717) is 11.5 Å². The van der Waals surface area contributed by atoms with Gasteiger partial charge in [0.05, 0.1) is 0 Å². The molecule has 0 aromatic heterocycles. The summed E-state index contributed by atoms with van der Waals surface area (Å²) in [7, 11) is 0. The van der Waals surface area contributed by atoms with E-state index in [1.807, 2.05) is 18.2 Å². The third kappa shape index (κ3) is 4.60. The van der Waals surface area contributed by atoms with Gasteiger partial charge in [0.1, 0.15) is 0 Å². The minimum absolute atomic E-state index is 0.0141. The SMILES string of the molecule is CC1CCCC(CNC(=O)c2cc(Br)cc(Br)c2)C1. The molecular formula is C15H19Br2NO. The normalized spacial score (nSPS) is 23.1. The van der Waals surface area contributed by atoms with Gasteiger partial charge in [0, 0.05) is 21.1 Å². The highest BCUT2D eigenvalue weighted by Gasteiger charge is 2.19. The van der Waals surface area contributed by atoms with Crippen LogP contribution in [0.25, 0.3) is 0 Å². The lowest BCUT2D eigenvalue weighted by atomic mass is 9.82. The third-order valence-corrected chi connectivity index (χ3v) is 4.64. The maximum absolute atomic E-state index is 12.1. The predicted molar refractivity (Wildman–Crippen MR) is 85.3 cm³/mol. The lowest BCUT2D eigenvalue weighted by Crippen LogP contribution is -2.31. The van der Waals surface area contributed by atoms with Crippen LogP contribution in [0.3, 0.4) is 0 Å². The van der Waals surface area contributed by atoms with Crippen LogP contribution < -0.4 is 5.32 Å². The fourth-order valence-electron chi connectivity index (χ4n) is 2.77. The molecule has 1 saturated carbocycles. The van der Waals surface area contributed by atoms with Gasteiger partial charge in [-0.3, -0.25) is 4.79 Å². The summed E-state index contributed by atoms with van der Waals surface area (Å²) in [5.74, 6) is 1.46. The Morgan fingerprint density at radius 1 is 1.26 bits per heavy atom. The number of hydrogen-bond donors (Lipinski definition) is 1. The van der Waals surface area contributed by atoms with E-state index in [9.17, 15) is 4.79 Å². The molecule has 0 radical (unpaired) electrons. The van der Waals surface area contributed by atoms with Gasteiger partial charge >= 0.3 is 0 Å². The summed E-state index contributed by atoms with van der Waals surface area (Å²) in [5.41, 5.74) is 0.699. The van der Waals surface area contributed by atoms with Gasteiger partial charge in [-0.25, -0.2) is 0 Å². The monoisotopic (exact) mass is 387 g/mol. The zero-order valence-electron chi connectivity index (χ0n) is 11.1. The molecule has 2 rings (SSSR count). The van der Waals surface area contributed by atoms with Crippen LogP contribution in [0.1, 0.15) is 43.0 Å². The highest BCUT2D eigenvalue weighted by Crippen LogP contribution is 2.28. The summed E-state index contributed by atoms with van der Waals surface area (Å²) in [6, 6.07) is 5.63. The summed E-state index contributed by atoms with van der Waals surface area (Å²) in [6.07, 6.45) is 5.11. The molecule has 19 heavy (non-hydrogen) atoms. The van der Waals surface area contributed by atoms with Crippen molar-refractivity contribution >= 4 is 37.8 Å². The molecule has 1 fully saturated rings. The Labute approximate surface area is 131 Å². The standard InChI is InChI=1S/C15H19Br2NO/c1-10-3-2-4-11(5-10)9-18-15(19)12-6-13(16)8-14(17)7-12/h6-8,10-11H,2-5,9H2,1H3,(H,18,19). The number of amides is 1. The minimum atomic E-state index is 0.0141. The lowest BCUT2D eigenvalue weighted by Gasteiger charge is -2.26. The van der Waals surface area contributed by atoms with Crippen molar-refractivity contribution in [1.29, 1.82) is 0 Å². The number of hydrogen-bond acceptors (Lipinski definition) is 1. The summed E-state index contributed by atoms with van der Waals surface area (Å²) >= 11 is 6.81. The quantitative estimate of drug-likeness (QED) is 0.793. The number of rotatable bonds is 3. The molecule has 0 aliphatic heterocycles. The maximum Gasteiger partial charge on any atom is 0.251 e. The first-order chi connectivity index (χ1) is 9.04. The summed E-state index contributed by atoms with van der Waals surface area (Å²) in [6.45, 7) is 3.10. The van der Waals surface area contributed by atoms with Crippen molar-refractivity contribution < 1.29 is 4.79 Å². The number of nitrogens with one attached hydrogen (secondary N) is 1. The second-order valence-corrected chi connectivity index (χ2v) is 7.34. The molecule has 2 unspecified atom stereocenters. The van der Waals surface area contributed by atoms with Crippen molar-refractivity contribution in [1.82, 2.24) is 5.32 Å². The highest BCUT2D eigenvalue weighted by atomic mass is 79.9. The van der Waals surface area contributed by atoms with Crippen LogP contribution in [0.15, 0.2) is 27.1 Å². The van der Waals surface area contributed by atoms with Crippen LogP contribution in [0, 0.1) is 11.8 Å².